The number of piperidine rings is 1. The van der Waals surface area contributed by atoms with Crippen molar-refractivity contribution in [3.8, 4) is 0 Å². The Bertz CT molecular complexity index is 618. The van der Waals surface area contributed by atoms with Gasteiger partial charge < -0.3 is 14.5 Å². The number of rotatable bonds is 1. The predicted octanol–water partition coefficient (Wildman–Crippen LogP) is 2.20. The molecule has 0 aromatic carbocycles. The number of fused-ring (bicyclic) bond motifs is 2. The van der Waals surface area contributed by atoms with Gasteiger partial charge in [0.2, 0.25) is 0 Å². The van der Waals surface area contributed by atoms with E-state index in [1.807, 2.05) is 9.58 Å². The van der Waals surface area contributed by atoms with Gasteiger partial charge in [0.1, 0.15) is 0 Å². The Morgan fingerprint density at radius 1 is 1.12 bits per heavy atom. The molecule has 2 atom stereocenters. The molecule has 1 aromatic heterocycles. The van der Waals surface area contributed by atoms with E-state index < -0.39 is 0 Å². The summed E-state index contributed by atoms with van der Waals surface area (Å²) >= 11 is 0. The maximum atomic E-state index is 13.0. The third kappa shape index (κ3) is 3.14. The summed E-state index contributed by atoms with van der Waals surface area (Å²) in [4.78, 5) is 17.1. The maximum absolute atomic E-state index is 13.0. The molecule has 138 valence electrons. The van der Waals surface area contributed by atoms with Gasteiger partial charge in [-0.05, 0) is 25.7 Å². The summed E-state index contributed by atoms with van der Waals surface area (Å²) < 4.78 is 7.42. The van der Waals surface area contributed by atoms with Crippen molar-refractivity contribution in [3.05, 3.63) is 11.9 Å². The highest BCUT2D eigenvalue weighted by molar-refractivity contribution is 5.76. The first-order valence-electron chi connectivity index (χ1n) is 9.51. The molecule has 0 radical (unpaired) electrons. The van der Waals surface area contributed by atoms with Crippen molar-refractivity contribution in [1.82, 2.24) is 24.8 Å². The first-order valence-corrected chi connectivity index (χ1v) is 9.51. The molecule has 7 heteroatoms. The quantitative estimate of drug-likeness (QED) is 0.781. The summed E-state index contributed by atoms with van der Waals surface area (Å²) in [7, 11) is 0. The fourth-order valence-electron chi connectivity index (χ4n) is 4.39. The van der Waals surface area contributed by atoms with Gasteiger partial charge in [-0.2, -0.15) is 0 Å². The molecule has 4 heterocycles. The Morgan fingerprint density at radius 2 is 1.76 bits per heavy atom. The number of aromatic nitrogens is 3. The fraction of sp³-hybridized carbons (Fsp3) is 0.833. The first kappa shape index (κ1) is 16.8. The van der Waals surface area contributed by atoms with E-state index in [0.717, 1.165) is 44.5 Å². The van der Waals surface area contributed by atoms with Crippen molar-refractivity contribution in [2.75, 3.05) is 26.3 Å². The molecule has 2 amide bonds. The van der Waals surface area contributed by atoms with Crippen LogP contribution in [0.2, 0.25) is 0 Å². The van der Waals surface area contributed by atoms with E-state index in [1.54, 1.807) is 0 Å². The lowest BCUT2D eigenvalue weighted by Crippen LogP contribution is -2.54. The topological polar surface area (TPSA) is 63.5 Å². The van der Waals surface area contributed by atoms with Crippen molar-refractivity contribution in [3.63, 3.8) is 0 Å². The number of hydrogen-bond donors (Lipinski definition) is 0. The lowest BCUT2D eigenvalue weighted by atomic mass is 9.93. The zero-order valence-electron chi connectivity index (χ0n) is 15.5. The highest BCUT2D eigenvalue weighted by atomic mass is 16.5. The van der Waals surface area contributed by atoms with Crippen LogP contribution in [0.3, 0.4) is 0 Å². The normalized spacial score (nSPS) is 30.0. The summed E-state index contributed by atoms with van der Waals surface area (Å²) in [5.41, 5.74) is 1.05. The molecule has 1 aromatic rings. The Kier molecular flexibility index (Phi) is 4.22. The summed E-state index contributed by atoms with van der Waals surface area (Å²) in [5, 5.41) is 8.77. The van der Waals surface area contributed by atoms with Crippen LogP contribution in [0.15, 0.2) is 6.20 Å². The highest BCUT2D eigenvalue weighted by Gasteiger charge is 2.45. The van der Waals surface area contributed by atoms with Gasteiger partial charge >= 0.3 is 6.03 Å². The van der Waals surface area contributed by atoms with Crippen LogP contribution in [0.4, 0.5) is 4.79 Å². The second-order valence-electron chi connectivity index (χ2n) is 8.63. The van der Waals surface area contributed by atoms with Gasteiger partial charge in [-0.15, -0.1) is 5.10 Å². The van der Waals surface area contributed by atoms with Crippen LogP contribution in [0, 0.1) is 0 Å². The van der Waals surface area contributed by atoms with E-state index in [-0.39, 0.29) is 11.4 Å². The summed E-state index contributed by atoms with van der Waals surface area (Å²) in [6.45, 7) is 9.24. The SMILES string of the molecule is CC(C)(C)c1cn(C2CC3CCC(C2)N3C(=O)N2CCOCC2)nn1. The molecule has 3 aliphatic heterocycles. The molecule has 0 aliphatic carbocycles. The van der Waals surface area contributed by atoms with Gasteiger partial charge in [0.05, 0.1) is 24.9 Å². The van der Waals surface area contributed by atoms with Gasteiger partial charge in [0.15, 0.2) is 0 Å². The van der Waals surface area contributed by atoms with E-state index >= 15 is 0 Å². The number of nitrogens with zero attached hydrogens (tertiary/aromatic N) is 5. The van der Waals surface area contributed by atoms with Gasteiger partial charge in [0, 0.05) is 36.8 Å². The molecule has 0 saturated carbocycles. The standard InChI is InChI=1S/C18H29N5O2/c1-18(2,3)16-12-22(20-19-16)15-10-13-4-5-14(11-15)23(13)17(24)21-6-8-25-9-7-21/h12-15H,4-11H2,1-3H3. The zero-order valence-corrected chi connectivity index (χ0v) is 15.5. The Morgan fingerprint density at radius 3 is 2.32 bits per heavy atom. The number of morpholine rings is 1. The highest BCUT2D eigenvalue weighted by Crippen LogP contribution is 2.41. The van der Waals surface area contributed by atoms with Gasteiger partial charge in [-0.25, -0.2) is 9.48 Å². The second-order valence-corrected chi connectivity index (χ2v) is 8.63. The van der Waals surface area contributed by atoms with Crippen LogP contribution in [0.5, 0.6) is 0 Å². The maximum Gasteiger partial charge on any atom is 0.320 e. The molecular formula is C18H29N5O2. The van der Waals surface area contributed by atoms with Crippen LogP contribution in [0.25, 0.3) is 0 Å². The molecule has 25 heavy (non-hydrogen) atoms. The molecule has 0 N–H and O–H groups in total. The monoisotopic (exact) mass is 347 g/mol. The van der Waals surface area contributed by atoms with Crippen molar-refractivity contribution < 1.29 is 9.53 Å². The smallest absolute Gasteiger partial charge is 0.320 e. The summed E-state index contributed by atoms with van der Waals surface area (Å²) in [6, 6.07) is 1.24. The lowest BCUT2D eigenvalue weighted by Gasteiger charge is -2.42. The van der Waals surface area contributed by atoms with Gasteiger partial charge in [-0.1, -0.05) is 26.0 Å². The number of hydrogen-bond acceptors (Lipinski definition) is 4. The number of carbonyl (C=O) groups excluding carboxylic acids is 1. The van der Waals surface area contributed by atoms with Crippen molar-refractivity contribution >= 4 is 6.03 Å². The summed E-state index contributed by atoms with van der Waals surface area (Å²) in [5.74, 6) is 0. The Hall–Kier alpha value is -1.63. The third-order valence-corrected chi connectivity index (χ3v) is 5.86. The molecule has 3 fully saturated rings. The van der Waals surface area contributed by atoms with E-state index in [0.29, 0.717) is 31.3 Å². The molecule has 2 bridgehead atoms. The van der Waals surface area contributed by atoms with Gasteiger partial charge in [-0.3, -0.25) is 0 Å². The van der Waals surface area contributed by atoms with Crippen LogP contribution >= 0.6 is 0 Å². The first-order chi connectivity index (χ1) is 11.9. The fourth-order valence-corrected chi connectivity index (χ4v) is 4.39. The zero-order chi connectivity index (χ0) is 17.6. The Balaban J connectivity index is 1.46. The second kappa shape index (κ2) is 6.27. The molecule has 7 nitrogen and oxygen atoms in total. The molecule has 3 aliphatic rings. The molecule has 2 unspecified atom stereocenters. The third-order valence-electron chi connectivity index (χ3n) is 5.86. The van der Waals surface area contributed by atoms with E-state index in [2.05, 4.69) is 42.2 Å². The molecule has 0 spiro atoms. The number of carbonyl (C=O) groups is 1. The number of urea groups is 1. The van der Waals surface area contributed by atoms with E-state index in [1.165, 1.54) is 0 Å². The largest absolute Gasteiger partial charge is 0.378 e. The number of ether oxygens (including phenoxy) is 1. The van der Waals surface area contributed by atoms with Crippen molar-refractivity contribution in [2.45, 2.75) is 70.0 Å². The van der Waals surface area contributed by atoms with Crippen LogP contribution in [-0.2, 0) is 10.2 Å². The average Bonchev–Trinajstić information content (AvgIpc) is 3.18. The average molecular weight is 347 g/mol. The van der Waals surface area contributed by atoms with Crippen molar-refractivity contribution in [1.29, 1.82) is 0 Å². The molecule has 4 rings (SSSR count). The minimum atomic E-state index is 0.0181. The van der Waals surface area contributed by atoms with Gasteiger partial charge in [0.25, 0.3) is 0 Å². The summed E-state index contributed by atoms with van der Waals surface area (Å²) in [6.07, 6.45) is 6.29. The van der Waals surface area contributed by atoms with Crippen LogP contribution < -0.4 is 0 Å². The van der Waals surface area contributed by atoms with E-state index in [4.69, 9.17) is 4.74 Å². The molecule has 3 saturated heterocycles. The number of amides is 2. The van der Waals surface area contributed by atoms with Crippen LogP contribution in [0.1, 0.15) is 58.2 Å². The van der Waals surface area contributed by atoms with Crippen molar-refractivity contribution in [2.24, 2.45) is 0 Å². The molecular weight excluding hydrogens is 318 g/mol. The minimum absolute atomic E-state index is 0.0181. The lowest BCUT2D eigenvalue weighted by molar-refractivity contribution is 0.0305. The predicted molar refractivity (Wildman–Crippen MR) is 93.4 cm³/mol. The minimum Gasteiger partial charge on any atom is -0.378 e. The van der Waals surface area contributed by atoms with E-state index in [9.17, 15) is 4.79 Å². The van der Waals surface area contributed by atoms with Crippen LogP contribution in [-0.4, -0.2) is 69.2 Å². The Labute approximate surface area is 149 Å².